The van der Waals surface area contributed by atoms with E-state index in [1.165, 1.54) is 0 Å². The zero-order valence-electron chi connectivity index (χ0n) is 15.6. The third kappa shape index (κ3) is 5.50. The van der Waals surface area contributed by atoms with Crippen molar-refractivity contribution >= 4 is 0 Å². The first-order chi connectivity index (χ1) is 13.3. The van der Waals surface area contributed by atoms with Crippen LogP contribution in [0.25, 0.3) is 0 Å². The van der Waals surface area contributed by atoms with Crippen molar-refractivity contribution in [1.29, 1.82) is 5.26 Å². The Morgan fingerprint density at radius 3 is 2.59 bits per heavy atom. The van der Waals surface area contributed by atoms with Crippen molar-refractivity contribution in [2.45, 2.75) is 13.0 Å². The Bertz CT molecular complexity index is 806. The normalized spacial score (nSPS) is 14.5. The maximum absolute atomic E-state index is 9.48. The quantitative estimate of drug-likeness (QED) is 0.703. The predicted octanol–water partition coefficient (Wildman–Crippen LogP) is 3.56. The number of benzene rings is 2. The molecular formula is C22H24N2O3. The maximum Gasteiger partial charge on any atom is 0.161 e. The first kappa shape index (κ1) is 18.8. The van der Waals surface area contributed by atoms with Gasteiger partial charge in [0.15, 0.2) is 11.5 Å². The second-order valence-corrected chi connectivity index (χ2v) is 6.35. The van der Waals surface area contributed by atoms with Crippen LogP contribution in [0, 0.1) is 11.3 Å². The zero-order chi connectivity index (χ0) is 18.9. The van der Waals surface area contributed by atoms with Crippen molar-refractivity contribution < 1.29 is 14.2 Å². The summed E-state index contributed by atoms with van der Waals surface area (Å²) in [5.74, 6) is 1.37. The van der Waals surface area contributed by atoms with Crippen LogP contribution in [0.15, 0.2) is 60.3 Å². The molecule has 0 bridgehead atoms. The Labute approximate surface area is 160 Å². The molecule has 140 valence electrons. The van der Waals surface area contributed by atoms with E-state index in [9.17, 15) is 5.26 Å². The van der Waals surface area contributed by atoms with E-state index in [0.717, 1.165) is 29.8 Å². The summed E-state index contributed by atoms with van der Waals surface area (Å²) < 4.78 is 16.7. The lowest BCUT2D eigenvalue weighted by atomic mass is 10.1. The highest BCUT2D eigenvalue weighted by molar-refractivity contribution is 5.45. The summed E-state index contributed by atoms with van der Waals surface area (Å²) in [6.07, 6.45) is 2.50. The molecule has 2 aromatic rings. The SMILES string of the molecule is COc1cc(C/C(C#N)=C/N2CCOCC2)ccc1OCc1ccccc1. The summed E-state index contributed by atoms with van der Waals surface area (Å²) in [6, 6.07) is 18.1. The molecule has 5 nitrogen and oxygen atoms in total. The molecule has 3 rings (SSSR count). The fraction of sp³-hybridized carbons (Fsp3) is 0.318. The molecule has 0 spiro atoms. The minimum atomic E-state index is 0.483. The maximum atomic E-state index is 9.48. The smallest absolute Gasteiger partial charge is 0.161 e. The van der Waals surface area contributed by atoms with Crippen molar-refractivity contribution in [3.05, 3.63) is 71.4 Å². The van der Waals surface area contributed by atoms with E-state index in [2.05, 4.69) is 11.0 Å². The topological polar surface area (TPSA) is 54.7 Å². The van der Waals surface area contributed by atoms with Gasteiger partial charge in [0.2, 0.25) is 0 Å². The van der Waals surface area contributed by atoms with E-state index in [-0.39, 0.29) is 0 Å². The lowest BCUT2D eigenvalue weighted by molar-refractivity contribution is 0.0591. The van der Waals surface area contributed by atoms with Crippen molar-refractivity contribution in [3.63, 3.8) is 0 Å². The van der Waals surface area contributed by atoms with Gasteiger partial charge in [0, 0.05) is 31.3 Å². The Morgan fingerprint density at radius 2 is 1.89 bits per heavy atom. The van der Waals surface area contributed by atoms with Gasteiger partial charge in [0.1, 0.15) is 6.61 Å². The van der Waals surface area contributed by atoms with E-state index < -0.39 is 0 Å². The second kappa shape index (κ2) is 9.65. The van der Waals surface area contributed by atoms with Gasteiger partial charge >= 0.3 is 0 Å². The number of hydrogen-bond donors (Lipinski definition) is 0. The summed E-state index contributed by atoms with van der Waals surface area (Å²) >= 11 is 0. The van der Waals surface area contributed by atoms with E-state index >= 15 is 0 Å². The van der Waals surface area contributed by atoms with Gasteiger partial charge in [-0.3, -0.25) is 0 Å². The molecule has 1 fully saturated rings. The van der Waals surface area contributed by atoms with Crippen molar-refractivity contribution in [3.8, 4) is 17.6 Å². The van der Waals surface area contributed by atoms with Gasteiger partial charge in [0.25, 0.3) is 0 Å². The van der Waals surface area contributed by atoms with E-state index in [4.69, 9.17) is 14.2 Å². The molecule has 27 heavy (non-hydrogen) atoms. The average Bonchev–Trinajstić information content (AvgIpc) is 2.73. The molecule has 0 amide bonds. The van der Waals surface area contributed by atoms with E-state index in [1.54, 1.807) is 7.11 Å². The average molecular weight is 364 g/mol. The molecule has 0 atom stereocenters. The number of nitriles is 1. The van der Waals surface area contributed by atoms with Gasteiger partial charge in [-0.15, -0.1) is 0 Å². The number of methoxy groups -OCH3 is 1. The predicted molar refractivity (Wildman–Crippen MR) is 104 cm³/mol. The number of rotatable bonds is 7. The number of hydrogen-bond acceptors (Lipinski definition) is 5. The van der Waals surface area contributed by atoms with E-state index in [0.29, 0.717) is 37.7 Å². The van der Waals surface area contributed by atoms with Crippen LogP contribution in [-0.4, -0.2) is 38.3 Å². The fourth-order valence-electron chi connectivity index (χ4n) is 2.94. The van der Waals surface area contributed by atoms with E-state index in [1.807, 2.05) is 54.7 Å². The highest BCUT2D eigenvalue weighted by Gasteiger charge is 2.11. The van der Waals surface area contributed by atoms with Crippen LogP contribution >= 0.6 is 0 Å². The minimum absolute atomic E-state index is 0.483. The van der Waals surface area contributed by atoms with Crippen LogP contribution in [0.2, 0.25) is 0 Å². The highest BCUT2D eigenvalue weighted by Crippen LogP contribution is 2.29. The molecular weight excluding hydrogens is 340 g/mol. The Morgan fingerprint density at radius 1 is 1.11 bits per heavy atom. The van der Waals surface area contributed by atoms with Gasteiger partial charge in [-0.05, 0) is 23.3 Å². The summed E-state index contributed by atoms with van der Waals surface area (Å²) in [5.41, 5.74) is 2.83. The largest absolute Gasteiger partial charge is 0.493 e. The molecule has 1 heterocycles. The Balaban J connectivity index is 1.67. The lowest BCUT2D eigenvalue weighted by Gasteiger charge is -2.25. The molecule has 0 radical (unpaired) electrons. The third-order valence-electron chi connectivity index (χ3n) is 4.39. The van der Waals surface area contributed by atoms with Gasteiger partial charge in [0.05, 0.1) is 26.4 Å². The Hall–Kier alpha value is -2.97. The van der Waals surface area contributed by atoms with Crippen LogP contribution in [-0.2, 0) is 17.8 Å². The number of ether oxygens (including phenoxy) is 3. The monoisotopic (exact) mass is 364 g/mol. The Kier molecular flexibility index (Phi) is 6.72. The molecule has 1 aliphatic heterocycles. The van der Waals surface area contributed by atoms with Gasteiger partial charge in [-0.25, -0.2) is 0 Å². The standard InChI is InChI=1S/C22H24N2O3/c1-25-22-14-19(13-20(15-23)16-24-9-11-26-12-10-24)7-8-21(22)27-17-18-5-3-2-4-6-18/h2-8,14,16H,9-13,17H2,1H3/b20-16-. The summed E-state index contributed by atoms with van der Waals surface area (Å²) in [7, 11) is 1.63. The number of nitrogens with zero attached hydrogens (tertiary/aromatic N) is 2. The van der Waals surface area contributed by atoms with Crippen LogP contribution in [0.4, 0.5) is 0 Å². The van der Waals surface area contributed by atoms with Crippen LogP contribution in [0.3, 0.4) is 0 Å². The molecule has 1 saturated heterocycles. The number of allylic oxidation sites excluding steroid dienone is 1. The number of morpholine rings is 1. The van der Waals surface area contributed by atoms with Gasteiger partial charge in [-0.2, -0.15) is 5.26 Å². The first-order valence-corrected chi connectivity index (χ1v) is 9.04. The molecule has 0 N–H and O–H groups in total. The molecule has 0 aromatic heterocycles. The molecule has 2 aromatic carbocycles. The summed E-state index contributed by atoms with van der Waals surface area (Å²) in [5, 5.41) is 9.48. The van der Waals surface area contributed by atoms with Crippen molar-refractivity contribution in [1.82, 2.24) is 4.90 Å². The molecule has 0 aliphatic carbocycles. The van der Waals surface area contributed by atoms with Crippen LogP contribution in [0.5, 0.6) is 11.5 Å². The molecule has 1 aliphatic rings. The second-order valence-electron chi connectivity index (χ2n) is 6.35. The van der Waals surface area contributed by atoms with Gasteiger partial charge < -0.3 is 19.1 Å². The highest BCUT2D eigenvalue weighted by atomic mass is 16.5. The van der Waals surface area contributed by atoms with Gasteiger partial charge in [-0.1, -0.05) is 36.4 Å². The summed E-state index contributed by atoms with van der Waals surface area (Å²) in [6.45, 7) is 3.53. The van der Waals surface area contributed by atoms with Crippen LogP contribution < -0.4 is 9.47 Å². The lowest BCUT2D eigenvalue weighted by Crippen LogP contribution is -2.32. The zero-order valence-corrected chi connectivity index (χ0v) is 15.6. The molecule has 0 unspecified atom stereocenters. The first-order valence-electron chi connectivity index (χ1n) is 9.04. The van der Waals surface area contributed by atoms with Crippen molar-refractivity contribution in [2.24, 2.45) is 0 Å². The third-order valence-corrected chi connectivity index (χ3v) is 4.39. The molecule has 0 saturated carbocycles. The summed E-state index contributed by atoms with van der Waals surface area (Å²) in [4.78, 5) is 2.14. The minimum Gasteiger partial charge on any atom is -0.493 e. The van der Waals surface area contributed by atoms with Crippen LogP contribution in [0.1, 0.15) is 11.1 Å². The van der Waals surface area contributed by atoms with Crippen molar-refractivity contribution in [2.75, 3.05) is 33.4 Å². The fourth-order valence-corrected chi connectivity index (χ4v) is 2.94. The molecule has 5 heteroatoms.